The van der Waals surface area contributed by atoms with Crippen molar-refractivity contribution in [1.29, 1.82) is 0 Å². The van der Waals surface area contributed by atoms with Gasteiger partial charge in [0, 0.05) is 23.9 Å². The summed E-state index contributed by atoms with van der Waals surface area (Å²) in [6.07, 6.45) is 2.42. The maximum absolute atomic E-state index is 12.8. The van der Waals surface area contributed by atoms with Gasteiger partial charge in [-0.15, -0.1) is 11.3 Å². The minimum Gasteiger partial charge on any atom is -0.351 e. The number of piperidine rings is 1. The second-order valence-electron chi connectivity index (χ2n) is 8.54. The molecule has 160 valence electrons. The Bertz CT molecular complexity index is 1020. The van der Waals surface area contributed by atoms with E-state index in [4.69, 9.17) is 0 Å². The summed E-state index contributed by atoms with van der Waals surface area (Å²) < 4.78 is 0. The van der Waals surface area contributed by atoms with E-state index < -0.39 is 11.8 Å². The molecule has 1 aromatic heterocycles. The van der Waals surface area contributed by atoms with Gasteiger partial charge in [-0.05, 0) is 48.3 Å². The van der Waals surface area contributed by atoms with Crippen LogP contribution in [-0.2, 0) is 16.1 Å². The van der Waals surface area contributed by atoms with Crippen LogP contribution in [0.3, 0.4) is 0 Å². The van der Waals surface area contributed by atoms with Crippen molar-refractivity contribution in [3.8, 4) is 0 Å². The van der Waals surface area contributed by atoms with Crippen molar-refractivity contribution >= 4 is 35.0 Å². The van der Waals surface area contributed by atoms with Gasteiger partial charge in [0.05, 0.1) is 17.7 Å². The molecule has 2 aliphatic heterocycles. The van der Waals surface area contributed by atoms with E-state index in [0.29, 0.717) is 30.8 Å². The normalized spacial score (nSPS) is 21.4. The first-order valence-corrected chi connectivity index (χ1v) is 11.4. The number of fused-ring (bicyclic) bond motifs is 1. The molecule has 5 rings (SSSR count). The van der Waals surface area contributed by atoms with Gasteiger partial charge in [-0.2, -0.15) is 0 Å². The second-order valence-corrected chi connectivity index (χ2v) is 9.57. The number of nitrogens with zero attached hydrogens (tertiary/aromatic N) is 2. The SMILES string of the molecule is O=C(NCc1cccs1)C1CC12CCN(C(=O)CN1C(=O)c3ccccc3C1=O)CC2. The van der Waals surface area contributed by atoms with Gasteiger partial charge in [-0.25, -0.2) is 0 Å². The van der Waals surface area contributed by atoms with Crippen molar-refractivity contribution in [2.45, 2.75) is 25.8 Å². The second kappa shape index (κ2) is 7.60. The number of benzene rings is 1. The zero-order valence-electron chi connectivity index (χ0n) is 17.0. The quantitative estimate of drug-likeness (QED) is 0.727. The Morgan fingerprint density at radius 1 is 1.03 bits per heavy atom. The van der Waals surface area contributed by atoms with Crippen LogP contribution in [0, 0.1) is 11.3 Å². The molecular weight excluding hydrogens is 414 g/mol. The molecule has 3 aliphatic rings. The molecule has 31 heavy (non-hydrogen) atoms. The molecule has 0 bridgehead atoms. The lowest BCUT2D eigenvalue weighted by atomic mass is 9.90. The van der Waals surface area contributed by atoms with E-state index in [1.54, 1.807) is 40.5 Å². The van der Waals surface area contributed by atoms with Crippen LogP contribution in [0.1, 0.15) is 44.9 Å². The van der Waals surface area contributed by atoms with Gasteiger partial charge in [0.25, 0.3) is 11.8 Å². The molecule has 1 saturated carbocycles. The number of carbonyl (C=O) groups excluding carboxylic acids is 4. The lowest BCUT2D eigenvalue weighted by Gasteiger charge is -2.33. The van der Waals surface area contributed by atoms with Gasteiger partial charge in [-0.1, -0.05) is 18.2 Å². The van der Waals surface area contributed by atoms with Crippen molar-refractivity contribution in [3.05, 3.63) is 57.8 Å². The minimum absolute atomic E-state index is 0.00810. The highest BCUT2D eigenvalue weighted by molar-refractivity contribution is 7.09. The largest absolute Gasteiger partial charge is 0.351 e. The number of likely N-dealkylation sites (tertiary alicyclic amines) is 1. The number of imide groups is 1. The molecular formula is C23H23N3O4S. The van der Waals surface area contributed by atoms with Crippen LogP contribution in [-0.4, -0.2) is 53.1 Å². The number of hydrogen-bond acceptors (Lipinski definition) is 5. The summed E-state index contributed by atoms with van der Waals surface area (Å²) in [6, 6.07) is 10.6. The Morgan fingerprint density at radius 2 is 1.71 bits per heavy atom. The van der Waals surface area contributed by atoms with Crippen LogP contribution in [0.4, 0.5) is 0 Å². The van der Waals surface area contributed by atoms with Crippen LogP contribution >= 0.6 is 11.3 Å². The number of carbonyl (C=O) groups is 4. The van der Waals surface area contributed by atoms with Gasteiger partial charge in [-0.3, -0.25) is 24.1 Å². The van der Waals surface area contributed by atoms with E-state index in [1.165, 1.54) is 0 Å². The highest BCUT2D eigenvalue weighted by Gasteiger charge is 2.58. The summed E-state index contributed by atoms with van der Waals surface area (Å²) in [5, 5.41) is 5.02. The summed E-state index contributed by atoms with van der Waals surface area (Å²) in [6.45, 7) is 1.44. The van der Waals surface area contributed by atoms with Gasteiger partial charge in [0.15, 0.2) is 0 Å². The van der Waals surface area contributed by atoms with Crippen LogP contribution in [0.2, 0.25) is 0 Å². The van der Waals surface area contributed by atoms with E-state index in [1.807, 2.05) is 17.5 Å². The maximum Gasteiger partial charge on any atom is 0.262 e. The molecule has 4 amide bonds. The first kappa shape index (κ1) is 19.9. The van der Waals surface area contributed by atoms with Gasteiger partial charge in [0.1, 0.15) is 6.54 Å². The van der Waals surface area contributed by atoms with Crippen molar-refractivity contribution in [2.24, 2.45) is 11.3 Å². The summed E-state index contributed by atoms with van der Waals surface area (Å²) in [4.78, 5) is 54.2. The van der Waals surface area contributed by atoms with Crippen LogP contribution in [0.5, 0.6) is 0 Å². The predicted octanol–water partition coefficient (Wildman–Crippen LogP) is 2.29. The Hall–Kier alpha value is -3.00. The lowest BCUT2D eigenvalue weighted by molar-refractivity contribution is -0.133. The van der Waals surface area contributed by atoms with E-state index in [0.717, 1.165) is 29.0 Å². The molecule has 1 atom stereocenters. The van der Waals surface area contributed by atoms with Crippen molar-refractivity contribution in [2.75, 3.05) is 19.6 Å². The molecule has 7 nitrogen and oxygen atoms in total. The van der Waals surface area contributed by atoms with E-state index >= 15 is 0 Å². The molecule has 1 unspecified atom stereocenters. The molecule has 2 fully saturated rings. The van der Waals surface area contributed by atoms with Gasteiger partial charge < -0.3 is 10.2 Å². The van der Waals surface area contributed by atoms with Crippen LogP contribution < -0.4 is 5.32 Å². The number of amides is 4. The topological polar surface area (TPSA) is 86.8 Å². The number of nitrogens with one attached hydrogen (secondary N) is 1. The summed E-state index contributed by atoms with van der Waals surface area (Å²) >= 11 is 1.63. The smallest absolute Gasteiger partial charge is 0.262 e. The van der Waals surface area contributed by atoms with Gasteiger partial charge in [0.2, 0.25) is 11.8 Å². The van der Waals surface area contributed by atoms with Gasteiger partial charge >= 0.3 is 0 Å². The van der Waals surface area contributed by atoms with Crippen LogP contribution in [0.25, 0.3) is 0 Å². The predicted molar refractivity (Wildman–Crippen MR) is 114 cm³/mol. The average Bonchev–Trinajstić information content (AvgIpc) is 3.13. The molecule has 0 radical (unpaired) electrons. The standard InChI is InChI=1S/C23H23N3O4S/c27-19(14-26-21(29)16-5-1-2-6-17(16)22(26)30)25-9-7-23(8-10-25)12-18(23)20(28)24-13-15-4-3-11-31-15/h1-6,11,18H,7-10,12-14H2,(H,24,28). The number of rotatable bonds is 5. The number of hydrogen-bond donors (Lipinski definition) is 1. The fourth-order valence-electron chi connectivity index (χ4n) is 4.80. The molecule has 1 saturated heterocycles. The van der Waals surface area contributed by atoms with E-state index in [9.17, 15) is 19.2 Å². The molecule has 3 heterocycles. The summed E-state index contributed by atoms with van der Waals surface area (Å²) in [5.41, 5.74) is 0.700. The monoisotopic (exact) mass is 437 g/mol. The average molecular weight is 438 g/mol. The first-order chi connectivity index (χ1) is 15.0. The van der Waals surface area contributed by atoms with E-state index in [-0.39, 0.29) is 29.7 Å². The third kappa shape index (κ3) is 3.54. The molecule has 1 aromatic carbocycles. The lowest BCUT2D eigenvalue weighted by Crippen LogP contribution is -2.46. The highest BCUT2D eigenvalue weighted by Crippen LogP contribution is 2.59. The van der Waals surface area contributed by atoms with E-state index in [2.05, 4.69) is 5.32 Å². The van der Waals surface area contributed by atoms with Crippen molar-refractivity contribution < 1.29 is 19.2 Å². The Labute approximate surface area is 184 Å². The zero-order valence-corrected chi connectivity index (χ0v) is 17.8. The molecule has 1 N–H and O–H groups in total. The minimum atomic E-state index is -0.410. The third-order valence-corrected chi connectivity index (χ3v) is 7.68. The Balaban J connectivity index is 1.13. The summed E-state index contributed by atoms with van der Waals surface area (Å²) in [5.74, 6) is -0.928. The Morgan fingerprint density at radius 3 is 2.32 bits per heavy atom. The first-order valence-electron chi connectivity index (χ1n) is 10.5. The van der Waals surface area contributed by atoms with Crippen LogP contribution in [0.15, 0.2) is 41.8 Å². The fraction of sp³-hybridized carbons (Fsp3) is 0.391. The maximum atomic E-state index is 12.8. The third-order valence-electron chi connectivity index (χ3n) is 6.81. The Kier molecular flexibility index (Phi) is 4.89. The zero-order chi connectivity index (χ0) is 21.6. The van der Waals surface area contributed by atoms with Crippen molar-refractivity contribution in [1.82, 2.24) is 15.1 Å². The molecule has 8 heteroatoms. The molecule has 1 aliphatic carbocycles. The highest BCUT2D eigenvalue weighted by atomic mass is 32.1. The summed E-state index contributed by atoms with van der Waals surface area (Å²) in [7, 11) is 0. The fourth-order valence-corrected chi connectivity index (χ4v) is 5.45. The number of thiophene rings is 1. The molecule has 1 spiro atoms. The molecule has 2 aromatic rings. The van der Waals surface area contributed by atoms with Crippen molar-refractivity contribution in [3.63, 3.8) is 0 Å².